The molecule has 3 fully saturated rings. The lowest BCUT2D eigenvalue weighted by molar-refractivity contribution is 0.0215. The van der Waals surface area contributed by atoms with Crippen LogP contribution >= 0.6 is 0 Å². The summed E-state index contributed by atoms with van der Waals surface area (Å²) in [5.74, 6) is 1.34. The third kappa shape index (κ3) is 2.47. The molecule has 1 aromatic rings. The Morgan fingerprint density at radius 3 is 2.84 bits per heavy atom. The summed E-state index contributed by atoms with van der Waals surface area (Å²) in [7, 11) is 0. The molecule has 102 valence electrons. The average molecular weight is 259 g/mol. The van der Waals surface area contributed by atoms with Gasteiger partial charge in [-0.15, -0.1) is 0 Å². The summed E-state index contributed by atoms with van der Waals surface area (Å²) in [5.41, 5.74) is 2.18. The Morgan fingerprint density at radius 1 is 1.37 bits per heavy atom. The van der Waals surface area contributed by atoms with Gasteiger partial charge in [-0.05, 0) is 49.5 Å². The highest BCUT2D eigenvalue weighted by Gasteiger charge is 2.36. The molecule has 3 nitrogen and oxygen atoms in total. The monoisotopic (exact) mass is 259 g/mol. The fourth-order valence-electron chi connectivity index (χ4n) is 3.11. The second-order valence-corrected chi connectivity index (χ2v) is 5.34. The quantitative estimate of drug-likeness (QED) is 0.905. The predicted molar refractivity (Wildman–Crippen MR) is 75.9 cm³/mol. The number of fused-ring (bicyclic) bond motifs is 3. The van der Waals surface area contributed by atoms with Crippen molar-refractivity contribution in [2.75, 3.05) is 19.7 Å². The number of aliphatic hydroxyl groups excluding tert-OH is 1. The molecule has 4 rings (SSSR count). The Bertz CT molecular complexity index is 471. The van der Waals surface area contributed by atoms with Crippen LogP contribution in [0.4, 0.5) is 0 Å². The highest BCUT2D eigenvalue weighted by atomic mass is 16.5. The molecule has 2 bridgehead atoms. The zero-order chi connectivity index (χ0) is 13.2. The first-order chi connectivity index (χ1) is 9.28. The third-order valence-electron chi connectivity index (χ3n) is 4.14. The maximum Gasteiger partial charge on any atom is 0.119 e. The Morgan fingerprint density at radius 2 is 2.16 bits per heavy atom. The van der Waals surface area contributed by atoms with Crippen LogP contribution in [0.15, 0.2) is 30.0 Å². The van der Waals surface area contributed by atoms with Crippen LogP contribution in [-0.2, 0) is 0 Å². The lowest BCUT2D eigenvalue weighted by Crippen LogP contribution is -2.48. The van der Waals surface area contributed by atoms with Gasteiger partial charge in [-0.1, -0.05) is 12.1 Å². The van der Waals surface area contributed by atoms with E-state index in [9.17, 15) is 5.11 Å². The van der Waals surface area contributed by atoms with Gasteiger partial charge in [0.2, 0.25) is 0 Å². The molecule has 1 unspecified atom stereocenters. The van der Waals surface area contributed by atoms with Crippen LogP contribution in [-0.4, -0.2) is 35.8 Å². The highest BCUT2D eigenvalue weighted by molar-refractivity contribution is 5.56. The predicted octanol–water partition coefficient (Wildman–Crippen LogP) is 2.51. The number of rotatable bonds is 3. The Balaban J connectivity index is 1.86. The van der Waals surface area contributed by atoms with E-state index in [-0.39, 0.29) is 6.10 Å². The number of hydrogen-bond donors (Lipinski definition) is 1. The second kappa shape index (κ2) is 5.25. The van der Waals surface area contributed by atoms with Crippen LogP contribution in [0.2, 0.25) is 0 Å². The standard InChI is InChI=1S/C16H21NO2/c1-2-19-14-5-3-4-12(10-14)11-15-16(18)13-6-8-17(15)9-7-13/h3-5,10-11,13,16,18H,2,6-9H2,1H3. The first-order valence-corrected chi connectivity index (χ1v) is 7.15. The number of hydrogen-bond acceptors (Lipinski definition) is 3. The topological polar surface area (TPSA) is 32.7 Å². The molecule has 0 aromatic heterocycles. The van der Waals surface area contributed by atoms with Crippen molar-refractivity contribution in [1.29, 1.82) is 0 Å². The first kappa shape index (κ1) is 12.5. The lowest BCUT2D eigenvalue weighted by atomic mass is 9.83. The van der Waals surface area contributed by atoms with Gasteiger partial charge in [-0.25, -0.2) is 0 Å². The van der Waals surface area contributed by atoms with E-state index in [0.717, 1.165) is 42.9 Å². The van der Waals surface area contributed by atoms with Crippen LogP contribution in [0.1, 0.15) is 25.3 Å². The molecule has 3 saturated heterocycles. The smallest absolute Gasteiger partial charge is 0.119 e. The largest absolute Gasteiger partial charge is 0.494 e. The molecule has 3 aliphatic rings. The van der Waals surface area contributed by atoms with Crippen LogP contribution in [0.25, 0.3) is 6.08 Å². The van der Waals surface area contributed by atoms with Crippen molar-refractivity contribution in [2.45, 2.75) is 25.9 Å². The van der Waals surface area contributed by atoms with Crippen molar-refractivity contribution < 1.29 is 9.84 Å². The first-order valence-electron chi connectivity index (χ1n) is 7.15. The summed E-state index contributed by atoms with van der Waals surface area (Å²) in [6.45, 7) is 4.83. The summed E-state index contributed by atoms with van der Waals surface area (Å²) in [4.78, 5) is 2.32. The molecular weight excluding hydrogens is 238 g/mol. The van der Waals surface area contributed by atoms with E-state index < -0.39 is 0 Å². The van der Waals surface area contributed by atoms with Crippen molar-refractivity contribution in [3.63, 3.8) is 0 Å². The summed E-state index contributed by atoms with van der Waals surface area (Å²) >= 11 is 0. The molecule has 1 N–H and O–H groups in total. The molecule has 3 heterocycles. The van der Waals surface area contributed by atoms with Crippen molar-refractivity contribution in [2.24, 2.45) is 5.92 Å². The molecule has 0 aliphatic carbocycles. The number of nitrogens with zero attached hydrogens (tertiary/aromatic N) is 1. The fourth-order valence-corrected chi connectivity index (χ4v) is 3.11. The Hall–Kier alpha value is -1.48. The van der Waals surface area contributed by atoms with E-state index in [0.29, 0.717) is 12.5 Å². The van der Waals surface area contributed by atoms with Gasteiger partial charge in [0.15, 0.2) is 0 Å². The van der Waals surface area contributed by atoms with E-state index in [2.05, 4.69) is 17.0 Å². The van der Waals surface area contributed by atoms with Gasteiger partial charge in [0, 0.05) is 18.8 Å². The molecule has 0 radical (unpaired) electrons. The molecule has 0 saturated carbocycles. The maximum atomic E-state index is 10.4. The molecule has 1 aromatic carbocycles. The van der Waals surface area contributed by atoms with E-state index in [1.165, 1.54) is 0 Å². The molecular formula is C16H21NO2. The molecule has 1 atom stereocenters. The zero-order valence-corrected chi connectivity index (χ0v) is 11.4. The van der Waals surface area contributed by atoms with Crippen LogP contribution < -0.4 is 4.74 Å². The van der Waals surface area contributed by atoms with Gasteiger partial charge >= 0.3 is 0 Å². The van der Waals surface area contributed by atoms with Gasteiger partial charge in [0.05, 0.1) is 12.7 Å². The SMILES string of the molecule is CCOc1cccc(C=C2C(O)C3CCN2CC3)c1. The van der Waals surface area contributed by atoms with E-state index in [1.54, 1.807) is 0 Å². The van der Waals surface area contributed by atoms with Gasteiger partial charge in [0.25, 0.3) is 0 Å². The third-order valence-corrected chi connectivity index (χ3v) is 4.14. The van der Waals surface area contributed by atoms with Crippen molar-refractivity contribution in [3.05, 3.63) is 35.5 Å². The summed E-state index contributed by atoms with van der Waals surface area (Å²) in [6.07, 6.45) is 4.06. The summed E-state index contributed by atoms with van der Waals surface area (Å²) < 4.78 is 5.52. The van der Waals surface area contributed by atoms with Crippen LogP contribution in [0.3, 0.4) is 0 Å². The van der Waals surface area contributed by atoms with Crippen LogP contribution in [0.5, 0.6) is 5.75 Å². The molecule has 3 aliphatic heterocycles. The van der Waals surface area contributed by atoms with E-state index in [1.807, 2.05) is 25.1 Å². The number of aliphatic hydroxyl groups is 1. The van der Waals surface area contributed by atoms with Gasteiger partial charge < -0.3 is 14.7 Å². The summed E-state index contributed by atoms with van der Waals surface area (Å²) in [6, 6.07) is 8.06. The number of benzene rings is 1. The number of piperidine rings is 3. The Labute approximate surface area is 114 Å². The fraction of sp³-hybridized carbons (Fsp3) is 0.500. The minimum Gasteiger partial charge on any atom is -0.494 e. The van der Waals surface area contributed by atoms with E-state index in [4.69, 9.17) is 4.74 Å². The normalized spacial score (nSPS) is 27.9. The van der Waals surface area contributed by atoms with Crippen molar-refractivity contribution in [3.8, 4) is 5.75 Å². The maximum absolute atomic E-state index is 10.4. The zero-order valence-electron chi connectivity index (χ0n) is 11.4. The van der Waals surface area contributed by atoms with E-state index >= 15 is 0 Å². The van der Waals surface area contributed by atoms with Crippen LogP contribution in [0, 0.1) is 5.92 Å². The molecule has 0 amide bonds. The minimum absolute atomic E-state index is 0.293. The number of ether oxygens (including phenoxy) is 1. The lowest BCUT2D eigenvalue weighted by Gasteiger charge is -2.45. The van der Waals surface area contributed by atoms with Crippen molar-refractivity contribution >= 4 is 6.08 Å². The van der Waals surface area contributed by atoms with Gasteiger partial charge in [-0.2, -0.15) is 0 Å². The Kier molecular flexibility index (Phi) is 3.47. The highest BCUT2D eigenvalue weighted by Crippen LogP contribution is 2.35. The summed E-state index contributed by atoms with van der Waals surface area (Å²) in [5, 5.41) is 10.4. The molecule has 3 heteroatoms. The average Bonchev–Trinajstić information content (AvgIpc) is 2.44. The molecule has 0 spiro atoms. The van der Waals surface area contributed by atoms with Crippen molar-refractivity contribution in [1.82, 2.24) is 4.90 Å². The minimum atomic E-state index is -0.293. The second-order valence-electron chi connectivity index (χ2n) is 5.34. The van der Waals surface area contributed by atoms with Gasteiger partial charge in [-0.3, -0.25) is 0 Å². The van der Waals surface area contributed by atoms with Gasteiger partial charge in [0.1, 0.15) is 5.75 Å². The molecule has 19 heavy (non-hydrogen) atoms.